The van der Waals surface area contributed by atoms with E-state index in [0.29, 0.717) is 16.5 Å². The number of halogens is 2. The summed E-state index contributed by atoms with van der Waals surface area (Å²) in [5.41, 5.74) is 0.415. The van der Waals surface area contributed by atoms with Crippen LogP contribution >= 0.6 is 38.5 Å². The molecular weight excluding hydrogens is 449 g/mol. The monoisotopic (exact) mass is 467 g/mol. The fourth-order valence-corrected chi connectivity index (χ4v) is 2.89. The molecule has 0 aliphatic heterocycles. The average molecular weight is 468 g/mol. The summed E-state index contributed by atoms with van der Waals surface area (Å²) in [6, 6.07) is 5.46. The zero-order chi connectivity index (χ0) is 16.2. The lowest BCUT2D eigenvalue weighted by Crippen LogP contribution is -2.35. The molecule has 2 N–H and O–H groups in total. The minimum absolute atomic E-state index is 0.101. The Bertz CT molecular complexity index is 540. The van der Waals surface area contributed by atoms with E-state index in [0.717, 1.165) is 3.57 Å². The van der Waals surface area contributed by atoms with Crippen LogP contribution in [-0.2, 0) is 4.79 Å². The molecular formula is C15H19BrINO3. The van der Waals surface area contributed by atoms with Gasteiger partial charge in [-0.15, -0.1) is 0 Å². The largest absolute Gasteiger partial charge is 0.481 e. The zero-order valence-corrected chi connectivity index (χ0v) is 16.0. The number of carbonyl (C=O) groups excluding carboxylic acids is 1. The van der Waals surface area contributed by atoms with Gasteiger partial charge in [-0.2, -0.15) is 0 Å². The number of hydrogen-bond donors (Lipinski definition) is 2. The first-order valence-electron chi connectivity index (χ1n) is 6.56. The van der Waals surface area contributed by atoms with Gasteiger partial charge in [0.1, 0.15) is 0 Å². The van der Waals surface area contributed by atoms with Crippen molar-refractivity contribution in [1.82, 2.24) is 5.32 Å². The Morgan fingerprint density at radius 2 is 2.00 bits per heavy atom. The molecule has 0 fully saturated rings. The third-order valence-electron chi connectivity index (χ3n) is 2.89. The summed E-state index contributed by atoms with van der Waals surface area (Å²) < 4.78 is 1.65. The van der Waals surface area contributed by atoms with Gasteiger partial charge in [-0.25, -0.2) is 0 Å². The summed E-state index contributed by atoms with van der Waals surface area (Å²) >= 11 is 5.47. The summed E-state index contributed by atoms with van der Waals surface area (Å²) in [6.45, 7) is 6.09. The van der Waals surface area contributed by atoms with Crippen LogP contribution in [0.15, 0.2) is 22.7 Å². The highest BCUT2D eigenvalue weighted by Gasteiger charge is 2.25. The van der Waals surface area contributed by atoms with Gasteiger partial charge in [0.05, 0.1) is 11.5 Å². The maximum Gasteiger partial charge on any atom is 0.308 e. The smallest absolute Gasteiger partial charge is 0.308 e. The SMILES string of the molecule is CC(C)(C)CC(CNC(=O)c1cc(I)ccc1Br)C(=O)O. The summed E-state index contributed by atoms with van der Waals surface area (Å²) in [7, 11) is 0. The average Bonchev–Trinajstić information content (AvgIpc) is 2.35. The summed E-state index contributed by atoms with van der Waals surface area (Å²) in [4.78, 5) is 23.5. The van der Waals surface area contributed by atoms with Crippen molar-refractivity contribution in [3.05, 3.63) is 31.8 Å². The molecule has 21 heavy (non-hydrogen) atoms. The highest BCUT2D eigenvalue weighted by molar-refractivity contribution is 14.1. The standard InChI is InChI=1S/C15H19BrINO3/c1-15(2,3)7-9(14(20)21)8-18-13(19)11-6-10(17)4-5-12(11)16/h4-6,9H,7-8H2,1-3H3,(H,18,19)(H,20,21). The topological polar surface area (TPSA) is 66.4 Å². The molecule has 1 unspecified atom stereocenters. The first-order chi connectivity index (χ1) is 9.60. The van der Waals surface area contributed by atoms with E-state index >= 15 is 0 Å². The Morgan fingerprint density at radius 1 is 1.38 bits per heavy atom. The maximum atomic E-state index is 12.2. The van der Waals surface area contributed by atoms with Crippen LogP contribution in [0.4, 0.5) is 0 Å². The van der Waals surface area contributed by atoms with Gasteiger partial charge in [0.25, 0.3) is 5.91 Å². The molecule has 4 nitrogen and oxygen atoms in total. The van der Waals surface area contributed by atoms with Gasteiger partial charge in [-0.1, -0.05) is 20.8 Å². The highest BCUT2D eigenvalue weighted by atomic mass is 127. The molecule has 116 valence electrons. The first-order valence-corrected chi connectivity index (χ1v) is 8.43. The van der Waals surface area contributed by atoms with E-state index in [4.69, 9.17) is 0 Å². The van der Waals surface area contributed by atoms with Crippen molar-refractivity contribution in [2.75, 3.05) is 6.54 Å². The number of hydrogen-bond acceptors (Lipinski definition) is 2. The minimum Gasteiger partial charge on any atom is -0.481 e. The molecule has 0 spiro atoms. The number of nitrogens with one attached hydrogen (secondary N) is 1. The molecule has 0 aromatic heterocycles. The molecule has 0 saturated carbocycles. The number of carboxylic acids is 1. The molecule has 6 heteroatoms. The van der Waals surface area contributed by atoms with Gasteiger partial charge in [0, 0.05) is 14.6 Å². The molecule has 0 heterocycles. The molecule has 1 aromatic rings. The van der Waals surface area contributed by atoms with Crippen LogP contribution in [0.2, 0.25) is 0 Å². The van der Waals surface area contributed by atoms with E-state index in [9.17, 15) is 14.7 Å². The van der Waals surface area contributed by atoms with Crippen molar-refractivity contribution in [3.63, 3.8) is 0 Å². The Morgan fingerprint density at radius 3 is 2.52 bits per heavy atom. The van der Waals surface area contributed by atoms with Crippen molar-refractivity contribution < 1.29 is 14.7 Å². The Balaban J connectivity index is 2.74. The van der Waals surface area contributed by atoms with E-state index in [-0.39, 0.29) is 17.9 Å². The molecule has 1 rings (SSSR count). The van der Waals surface area contributed by atoms with Gasteiger partial charge < -0.3 is 10.4 Å². The molecule has 0 saturated heterocycles. The van der Waals surface area contributed by atoms with Crippen LogP contribution < -0.4 is 5.32 Å². The predicted molar refractivity (Wildman–Crippen MR) is 94.4 cm³/mol. The van der Waals surface area contributed by atoms with Crippen LogP contribution in [0.25, 0.3) is 0 Å². The molecule has 0 radical (unpaired) electrons. The van der Waals surface area contributed by atoms with Crippen LogP contribution in [0.5, 0.6) is 0 Å². The number of aliphatic carboxylic acids is 1. The third kappa shape index (κ3) is 6.34. The number of carbonyl (C=O) groups is 2. The van der Waals surface area contributed by atoms with Crippen LogP contribution in [0, 0.1) is 14.9 Å². The molecule has 1 atom stereocenters. The Kier molecular flexibility index (Phi) is 6.65. The summed E-state index contributed by atoms with van der Waals surface area (Å²) in [5.74, 6) is -1.73. The van der Waals surface area contributed by atoms with Crippen molar-refractivity contribution >= 4 is 50.4 Å². The molecule has 0 bridgehead atoms. The molecule has 0 aliphatic carbocycles. The molecule has 1 aromatic carbocycles. The fraction of sp³-hybridized carbons (Fsp3) is 0.467. The second-order valence-electron chi connectivity index (χ2n) is 6.13. The van der Waals surface area contributed by atoms with E-state index in [1.807, 2.05) is 26.8 Å². The zero-order valence-electron chi connectivity index (χ0n) is 12.2. The van der Waals surface area contributed by atoms with Crippen molar-refractivity contribution in [1.29, 1.82) is 0 Å². The first kappa shape index (κ1) is 18.4. The summed E-state index contributed by atoms with van der Waals surface area (Å²) in [5, 5.41) is 12.0. The van der Waals surface area contributed by atoms with Crippen LogP contribution in [0.3, 0.4) is 0 Å². The highest BCUT2D eigenvalue weighted by Crippen LogP contribution is 2.24. The second kappa shape index (κ2) is 7.58. The van der Waals surface area contributed by atoms with E-state index < -0.39 is 11.9 Å². The van der Waals surface area contributed by atoms with Gasteiger partial charge in [-0.05, 0) is 68.6 Å². The summed E-state index contributed by atoms with van der Waals surface area (Å²) in [6.07, 6.45) is 0.510. The molecule has 1 amide bonds. The van der Waals surface area contributed by atoms with Gasteiger partial charge in [-0.3, -0.25) is 9.59 Å². The van der Waals surface area contributed by atoms with Crippen LogP contribution in [-0.4, -0.2) is 23.5 Å². The lowest BCUT2D eigenvalue weighted by molar-refractivity contribution is -0.142. The lowest BCUT2D eigenvalue weighted by atomic mass is 9.84. The van der Waals surface area contributed by atoms with Gasteiger partial charge >= 0.3 is 5.97 Å². The Labute approximate surface area is 147 Å². The normalized spacial score (nSPS) is 12.8. The Hall–Kier alpha value is -0.630. The third-order valence-corrected chi connectivity index (χ3v) is 4.25. The number of amides is 1. The fourth-order valence-electron chi connectivity index (χ4n) is 1.97. The van der Waals surface area contributed by atoms with E-state index in [1.54, 1.807) is 12.1 Å². The van der Waals surface area contributed by atoms with E-state index in [1.165, 1.54) is 0 Å². The second-order valence-corrected chi connectivity index (χ2v) is 8.23. The predicted octanol–water partition coefficient (Wildman–Crippen LogP) is 3.92. The van der Waals surface area contributed by atoms with Gasteiger partial charge in [0.15, 0.2) is 0 Å². The lowest BCUT2D eigenvalue weighted by Gasteiger charge is -2.23. The number of benzene rings is 1. The quantitative estimate of drug-likeness (QED) is 0.645. The maximum absolute atomic E-state index is 12.2. The van der Waals surface area contributed by atoms with E-state index in [2.05, 4.69) is 43.8 Å². The van der Waals surface area contributed by atoms with Gasteiger partial charge in [0.2, 0.25) is 0 Å². The number of rotatable bonds is 5. The van der Waals surface area contributed by atoms with Crippen LogP contribution in [0.1, 0.15) is 37.6 Å². The van der Waals surface area contributed by atoms with Crippen molar-refractivity contribution in [2.24, 2.45) is 11.3 Å². The van der Waals surface area contributed by atoms with Crippen molar-refractivity contribution in [2.45, 2.75) is 27.2 Å². The molecule has 0 aliphatic rings. The number of carboxylic acid groups (broad SMARTS) is 1. The minimum atomic E-state index is -0.882. The van der Waals surface area contributed by atoms with Crippen molar-refractivity contribution in [3.8, 4) is 0 Å².